The van der Waals surface area contributed by atoms with Crippen LogP contribution in [0.2, 0.25) is 0 Å². The molecule has 3 aliphatic rings. The maximum atomic E-state index is 12.4. The third-order valence-corrected chi connectivity index (χ3v) is 5.16. The van der Waals surface area contributed by atoms with Crippen LogP contribution in [0.3, 0.4) is 0 Å². The Bertz CT molecular complexity index is 399. The minimum atomic E-state index is -0.0618. The van der Waals surface area contributed by atoms with Crippen molar-refractivity contribution in [3.63, 3.8) is 0 Å². The first-order valence-corrected chi connectivity index (χ1v) is 8.38. The van der Waals surface area contributed by atoms with Crippen LogP contribution in [0.25, 0.3) is 0 Å². The summed E-state index contributed by atoms with van der Waals surface area (Å²) >= 11 is 0. The molecular formula is C16H26N2O3. The SMILES string of the molecule is O=C1CC[C@H](CCC(=O)N2CCOC3(CCCCC3)C2)N1. The molecule has 118 valence electrons. The van der Waals surface area contributed by atoms with Crippen LogP contribution in [0.5, 0.6) is 0 Å². The number of rotatable bonds is 3. The highest BCUT2D eigenvalue weighted by atomic mass is 16.5. The van der Waals surface area contributed by atoms with Gasteiger partial charge in [-0.3, -0.25) is 9.59 Å². The van der Waals surface area contributed by atoms with Crippen LogP contribution in [0, 0.1) is 0 Å². The average molecular weight is 294 g/mol. The summed E-state index contributed by atoms with van der Waals surface area (Å²) < 4.78 is 6.03. The van der Waals surface area contributed by atoms with E-state index in [1.54, 1.807) is 0 Å². The third kappa shape index (κ3) is 3.57. The van der Waals surface area contributed by atoms with Gasteiger partial charge in [0.25, 0.3) is 0 Å². The van der Waals surface area contributed by atoms with Crippen LogP contribution >= 0.6 is 0 Å². The van der Waals surface area contributed by atoms with E-state index >= 15 is 0 Å². The van der Waals surface area contributed by atoms with Crippen molar-refractivity contribution in [3.8, 4) is 0 Å². The number of hydrogen-bond acceptors (Lipinski definition) is 3. The number of morpholine rings is 1. The number of carbonyl (C=O) groups excluding carboxylic acids is 2. The normalized spacial score (nSPS) is 28.7. The van der Waals surface area contributed by atoms with Crippen molar-refractivity contribution in [2.75, 3.05) is 19.7 Å². The molecule has 2 saturated heterocycles. The van der Waals surface area contributed by atoms with Crippen LogP contribution in [0.4, 0.5) is 0 Å². The fourth-order valence-corrected chi connectivity index (χ4v) is 3.91. The van der Waals surface area contributed by atoms with E-state index in [9.17, 15) is 9.59 Å². The highest BCUT2D eigenvalue weighted by molar-refractivity contribution is 5.79. The summed E-state index contributed by atoms with van der Waals surface area (Å²) in [5.41, 5.74) is -0.0618. The topological polar surface area (TPSA) is 58.6 Å². The second-order valence-electron chi connectivity index (χ2n) is 6.75. The Kier molecular flexibility index (Phi) is 4.48. The van der Waals surface area contributed by atoms with E-state index in [4.69, 9.17) is 4.74 Å². The number of nitrogens with one attached hydrogen (secondary N) is 1. The Morgan fingerprint density at radius 2 is 2.14 bits per heavy atom. The van der Waals surface area contributed by atoms with Gasteiger partial charge >= 0.3 is 0 Å². The predicted octanol–water partition coefficient (Wildman–Crippen LogP) is 1.61. The van der Waals surface area contributed by atoms with Gasteiger partial charge in [0.1, 0.15) is 0 Å². The first-order valence-electron chi connectivity index (χ1n) is 8.38. The van der Waals surface area contributed by atoms with E-state index in [1.807, 2.05) is 4.90 Å². The summed E-state index contributed by atoms with van der Waals surface area (Å²) in [4.78, 5) is 25.6. The largest absolute Gasteiger partial charge is 0.371 e. The molecule has 0 aromatic heterocycles. The lowest BCUT2D eigenvalue weighted by atomic mass is 9.83. The molecule has 2 amide bonds. The fraction of sp³-hybridized carbons (Fsp3) is 0.875. The molecule has 1 N–H and O–H groups in total. The monoisotopic (exact) mass is 294 g/mol. The standard InChI is InChI=1S/C16H26N2O3/c19-14-6-4-13(17-14)5-7-15(20)18-10-11-21-16(12-18)8-2-1-3-9-16/h13H,1-12H2,(H,17,19)/t13-/m1/s1. The highest BCUT2D eigenvalue weighted by Crippen LogP contribution is 2.34. The molecule has 0 aromatic rings. The van der Waals surface area contributed by atoms with Gasteiger partial charge in [0, 0.05) is 32.0 Å². The van der Waals surface area contributed by atoms with Crippen molar-refractivity contribution in [3.05, 3.63) is 0 Å². The lowest BCUT2D eigenvalue weighted by Crippen LogP contribution is -2.54. The van der Waals surface area contributed by atoms with E-state index in [2.05, 4.69) is 5.32 Å². The number of hydrogen-bond donors (Lipinski definition) is 1. The van der Waals surface area contributed by atoms with Crippen molar-refractivity contribution < 1.29 is 14.3 Å². The van der Waals surface area contributed by atoms with E-state index in [-0.39, 0.29) is 23.5 Å². The molecule has 0 unspecified atom stereocenters. The molecular weight excluding hydrogens is 268 g/mol. The molecule has 1 spiro atoms. The average Bonchev–Trinajstić information content (AvgIpc) is 2.91. The Balaban J connectivity index is 1.48. The van der Waals surface area contributed by atoms with E-state index in [0.29, 0.717) is 19.4 Å². The Morgan fingerprint density at radius 1 is 1.33 bits per heavy atom. The molecule has 0 bridgehead atoms. The first-order chi connectivity index (χ1) is 10.2. The molecule has 2 aliphatic heterocycles. The highest BCUT2D eigenvalue weighted by Gasteiger charge is 2.39. The van der Waals surface area contributed by atoms with Crippen molar-refractivity contribution in [1.29, 1.82) is 0 Å². The van der Waals surface area contributed by atoms with Gasteiger partial charge in [-0.15, -0.1) is 0 Å². The van der Waals surface area contributed by atoms with Gasteiger partial charge in [0.05, 0.1) is 12.2 Å². The summed E-state index contributed by atoms with van der Waals surface area (Å²) in [6, 6.07) is 0.200. The number of ether oxygens (including phenoxy) is 1. The molecule has 5 nitrogen and oxygen atoms in total. The number of carbonyl (C=O) groups is 2. The maximum absolute atomic E-state index is 12.4. The van der Waals surface area contributed by atoms with Crippen LogP contribution in [0.1, 0.15) is 57.8 Å². The van der Waals surface area contributed by atoms with Crippen molar-refractivity contribution in [2.24, 2.45) is 0 Å². The summed E-state index contributed by atoms with van der Waals surface area (Å²) in [6.07, 6.45) is 8.71. The van der Waals surface area contributed by atoms with Gasteiger partial charge < -0.3 is 15.0 Å². The molecule has 0 radical (unpaired) electrons. The molecule has 1 aliphatic carbocycles. The Labute approximate surface area is 126 Å². The van der Waals surface area contributed by atoms with Crippen LogP contribution in [-0.2, 0) is 14.3 Å². The second-order valence-corrected chi connectivity index (χ2v) is 6.75. The molecule has 2 heterocycles. The molecule has 0 aromatic carbocycles. The molecule has 3 rings (SSSR count). The molecule has 21 heavy (non-hydrogen) atoms. The summed E-state index contributed by atoms with van der Waals surface area (Å²) in [5, 5.41) is 2.93. The first kappa shape index (κ1) is 14.8. The second kappa shape index (κ2) is 6.34. The van der Waals surface area contributed by atoms with Gasteiger partial charge in [0.2, 0.25) is 11.8 Å². The van der Waals surface area contributed by atoms with Gasteiger partial charge in [-0.2, -0.15) is 0 Å². The van der Waals surface area contributed by atoms with Gasteiger partial charge in [-0.05, 0) is 25.7 Å². The quantitative estimate of drug-likeness (QED) is 0.860. The Morgan fingerprint density at radius 3 is 2.86 bits per heavy atom. The molecule has 1 saturated carbocycles. The van der Waals surface area contributed by atoms with Crippen LogP contribution < -0.4 is 5.32 Å². The maximum Gasteiger partial charge on any atom is 0.222 e. The van der Waals surface area contributed by atoms with Gasteiger partial charge in [0.15, 0.2) is 0 Å². The Hall–Kier alpha value is -1.10. The zero-order valence-corrected chi connectivity index (χ0v) is 12.7. The zero-order chi connectivity index (χ0) is 14.7. The predicted molar refractivity (Wildman–Crippen MR) is 78.7 cm³/mol. The smallest absolute Gasteiger partial charge is 0.222 e. The van der Waals surface area contributed by atoms with Gasteiger partial charge in [-0.25, -0.2) is 0 Å². The number of nitrogens with zero attached hydrogens (tertiary/aromatic N) is 1. The van der Waals surface area contributed by atoms with E-state index < -0.39 is 0 Å². The molecule has 3 fully saturated rings. The van der Waals surface area contributed by atoms with Crippen molar-refractivity contribution >= 4 is 11.8 Å². The lowest BCUT2D eigenvalue weighted by Gasteiger charge is -2.45. The summed E-state index contributed by atoms with van der Waals surface area (Å²) in [5.74, 6) is 0.351. The van der Waals surface area contributed by atoms with Crippen molar-refractivity contribution in [2.45, 2.75) is 69.4 Å². The summed E-state index contributed by atoms with van der Waals surface area (Å²) in [7, 11) is 0. The van der Waals surface area contributed by atoms with Crippen LogP contribution in [0.15, 0.2) is 0 Å². The molecule has 5 heteroatoms. The van der Waals surface area contributed by atoms with Crippen LogP contribution in [-0.4, -0.2) is 48.1 Å². The minimum absolute atomic E-state index is 0.0618. The van der Waals surface area contributed by atoms with E-state index in [1.165, 1.54) is 19.3 Å². The minimum Gasteiger partial charge on any atom is -0.371 e. The van der Waals surface area contributed by atoms with Gasteiger partial charge in [-0.1, -0.05) is 19.3 Å². The molecule has 1 atom stereocenters. The number of amides is 2. The van der Waals surface area contributed by atoms with E-state index in [0.717, 1.165) is 38.8 Å². The zero-order valence-electron chi connectivity index (χ0n) is 12.7. The lowest BCUT2D eigenvalue weighted by molar-refractivity contribution is -0.156. The van der Waals surface area contributed by atoms with Crippen molar-refractivity contribution in [1.82, 2.24) is 10.2 Å². The third-order valence-electron chi connectivity index (χ3n) is 5.16. The summed E-state index contributed by atoms with van der Waals surface area (Å²) in [6.45, 7) is 2.16. The fourth-order valence-electron chi connectivity index (χ4n) is 3.91.